The van der Waals surface area contributed by atoms with Crippen molar-refractivity contribution in [2.24, 2.45) is 4.99 Å². The average molecular weight is 262 g/mol. The van der Waals surface area contributed by atoms with Gasteiger partial charge in [-0.1, -0.05) is 20.8 Å². The van der Waals surface area contributed by atoms with E-state index in [1.54, 1.807) is 17.6 Å². The van der Waals surface area contributed by atoms with E-state index in [2.05, 4.69) is 31.1 Å². The number of allylic oxidation sites excluding steroid dienone is 1. The number of amides is 1. The lowest BCUT2D eigenvalue weighted by molar-refractivity contribution is 0.0961. The fraction of sp³-hybridized carbons (Fsp3) is 0.429. The maximum atomic E-state index is 12.0. The summed E-state index contributed by atoms with van der Waals surface area (Å²) in [7, 11) is 0. The van der Waals surface area contributed by atoms with E-state index in [0.29, 0.717) is 13.1 Å². The van der Waals surface area contributed by atoms with Gasteiger partial charge in [-0.15, -0.1) is 11.3 Å². The molecule has 0 unspecified atom stereocenters. The highest BCUT2D eigenvalue weighted by Gasteiger charge is 2.18. The Hall–Kier alpha value is -1.42. The van der Waals surface area contributed by atoms with E-state index < -0.39 is 0 Å². The molecule has 0 saturated carbocycles. The number of rotatable bonds is 3. The van der Waals surface area contributed by atoms with Crippen molar-refractivity contribution in [3.63, 3.8) is 0 Å². The first kappa shape index (κ1) is 13.0. The van der Waals surface area contributed by atoms with E-state index in [0.717, 1.165) is 10.5 Å². The minimum Gasteiger partial charge on any atom is -0.348 e. The average Bonchev–Trinajstić information content (AvgIpc) is 2.96. The number of hydrogen-bond donors (Lipinski definition) is 1. The van der Waals surface area contributed by atoms with E-state index in [1.807, 2.05) is 18.2 Å². The van der Waals surface area contributed by atoms with E-state index in [-0.39, 0.29) is 11.3 Å². The Morgan fingerprint density at radius 1 is 1.44 bits per heavy atom. The van der Waals surface area contributed by atoms with E-state index in [1.165, 1.54) is 4.88 Å². The molecule has 0 saturated heterocycles. The summed E-state index contributed by atoms with van der Waals surface area (Å²) in [5.74, 6) is 0.00306. The van der Waals surface area contributed by atoms with Crippen LogP contribution in [-0.4, -0.2) is 25.2 Å². The van der Waals surface area contributed by atoms with Crippen LogP contribution in [0, 0.1) is 0 Å². The van der Waals surface area contributed by atoms with Gasteiger partial charge in [0.2, 0.25) is 0 Å². The van der Waals surface area contributed by atoms with Crippen LogP contribution in [0.2, 0.25) is 0 Å². The lowest BCUT2D eigenvalue weighted by Gasteiger charge is -2.15. The van der Waals surface area contributed by atoms with Gasteiger partial charge < -0.3 is 5.32 Å². The predicted molar refractivity (Wildman–Crippen MR) is 76.8 cm³/mol. The monoisotopic (exact) mass is 262 g/mol. The standard InChI is InChI=1S/C14H18N2OS/c1-14(2,3)12-5-4-11(18-12)13(17)16-9-10-6-7-15-8-10/h4-7H,8-9H2,1-3H3,(H,16,17). The molecule has 1 aromatic rings. The molecule has 0 radical (unpaired) electrons. The molecule has 4 heteroatoms. The van der Waals surface area contributed by atoms with Crippen molar-refractivity contribution in [3.05, 3.63) is 33.5 Å². The van der Waals surface area contributed by atoms with Crippen LogP contribution >= 0.6 is 11.3 Å². The molecule has 0 aromatic carbocycles. The van der Waals surface area contributed by atoms with Crippen LogP contribution in [0.4, 0.5) is 0 Å². The van der Waals surface area contributed by atoms with Gasteiger partial charge in [0.15, 0.2) is 0 Å². The van der Waals surface area contributed by atoms with Gasteiger partial charge in [0.1, 0.15) is 0 Å². The summed E-state index contributed by atoms with van der Waals surface area (Å²) in [5.41, 5.74) is 1.25. The summed E-state index contributed by atoms with van der Waals surface area (Å²) >= 11 is 1.57. The van der Waals surface area contributed by atoms with E-state index in [9.17, 15) is 4.79 Å². The van der Waals surface area contributed by atoms with Gasteiger partial charge in [0.05, 0.1) is 11.4 Å². The Balaban J connectivity index is 1.95. The zero-order chi connectivity index (χ0) is 13.2. The van der Waals surface area contributed by atoms with Gasteiger partial charge in [-0.05, 0) is 29.2 Å². The molecule has 0 bridgehead atoms. The first-order chi connectivity index (χ1) is 8.47. The summed E-state index contributed by atoms with van der Waals surface area (Å²) in [6.07, 6.45) is 3.74. The van der Waals surface area contributed by atoms with Gasteiger partial charge in [0.25, 0.3) is 5.91 Å². The van der Waals surface area contributed by atoms with E-state index >= 15 is 0 Å². The Morgan fingerprint density at radius 2 is 2.22 bits per heavy atom. The second-order valence-corrected chi connectivity index (χ2v) is 6.50. The Labute approximate surface area is 112 Å². The van der Waals surface area contributed by atoms with Crippen LogP contribution in [0.5, 0.6) is 0 Å². The highest BCUT2D eigenvalue weighted by atomic mass is 32.1. The van der Waals surface area contributed by atoms with Crippen LogP contribution < -0.4 is 5.32 Å². The second kappa shape index (κ2) is 5.06. The number of aliphatic imine (C=N–C) groups is 1. The molecular formula is C14H18N2OS. The molecule has 96 valence electrons. The normalized spacial score (nSPS) is 14.7. The minimum atomic E-state index is 0.00306. The quantitative estimate of drug-likeness (QED) is 0.894. The minimum absolute atomic E-state index is 0.00306. The summed E-state index contributed by atoms with van der Waals surface area (Å²) in [4.78, 5) is 18.1. The lowest BCUT2D eigenvalue weighted by atomic mass is 9.95. The Kier molecular flexibility index (Phi) is 3.66. The van der Waals surface area contributed by atoms with Crippen molar-refractivity contribution in [2.75, 3.05) is 13.1 Å². The van der Waals surface area contributed by atoms with Gasteiger partial charge in [-0.3, -0.25) is 9.79 Å². The number of nitrogens with zero attached hydrogens (tertiary/aromatic N) is 1. The van der Waals surface area contributed by atoms with Gasteiger partial charge in [-0.25, -0.2) is 0 Å². The van der Waals surface area contributed by atoms with Crippen molar-refractivity contribution in [1.29, 1.82) is 0 Å². The molecule has 2 rings (SSSR count). The first-order valence-corrected chi connectivity index (χ1v) is 6.85. The SMILES string of the molecule is CC(C)(C)c1ccc(C(=O)NCC2=CC=NC2)s1. The number of thiophene rings is 1. The molecular weight excluding hydrogens is 244 g/mol. The topological polar surface area (TPSA) is 41.5 Å². The number of hydrogen-bond acceptors (Lipinski definition) is 3. The number of carbonyl (C=O) groups is 1. The van der Waals surface area contributed by atoms with Crippen molar-refractivity contribution >= 4 is 23.5 Å². The molecule has 3 nitrogen and oxygen atoms in total. The highest BCUT2D eigenvalue weighted by molar-refractivity contribution is 7.14. The fourth-order valence-corrected chi connectivity index (χ4v) is 2.62. The molecule has 1 aliphatic rings. The molecule has 1 aromatic heterocycles. The van der Waals surface area contributed by atoms with Crippen LogP contribution in [0.3, 0.4) is 0 Å². The molecule has 1 N–H and O–H groups in total. The zero-order valence-electron chi connectivity index (χ0n) is 11.0. The molecule has 2 heterocycles. The van der Waals surface area contributed by atoms with Crippen LogP contribution in [0.25, 0.3) is 0 Å². The maximum absolute atomic E-state index is 12.0. The highest BCUT2D eigenvalue weighted by Crippen LogP contribution is 2.29. The third kappa shape index (κ3) is 3.07. The predicted octanol–water partition coefficient (Wildman–Crippen LogP) is 2.79. The third-order valence-corrected chi connectivity index (χ3v) is 4.26. The molecule has 1 amide bonds. The molecule has 0 atom stereocenters. The van der Waals surface area contributed by atoms with Crippen molar-refractivity contribution in [1.82, 2.24) is 5.32 Å². The van der Waals surface area contributed by atoms with Crippen LogP contribution in [0.1, 0.15) is 35.3 Å². The molecule has 0 fully saturated rings. The van der Waals surface area contributed by atoms with Gasteiger partial charge >= 0.3 is 0 Å². The van der Waals surface area contributed by atoms with Crippen molar-refractivity contribution in [3.8, 4) is 0 Å². The summed E-state index contributed by atoms with van der Waals surface area (Å²) in [6.45, 7) is 7.75. The maximum Gasteiger partial charge on any atom is 0.261 e. The second-order valence-electron chi connectivity index (χ2n) is 5.41. The fourth-order valence-electron chi connectivity index (χ4n) is 1.64. The van der Waals surface area contributed by atoms with Crippen molar-refractivity contribution < 1.29 is 4.79 Å². The summed E-state index contributed by atoms with van der Waals surface area (Å²) in [6, 6.07) is 3.94. The van der Waals surface area contributed by atoms with Crippen LogP contribution in [0.15, 0.2) is 28.8 Å². The molecule has 18 heavy (non-hydrogen) atoms. The molecule has 0 aliphatic carbocycles. The third-order valence-electron chi connectivity index (χ3n) is 2.76. The van der Waals surface area contributed by atoms with Gasteiger partial charge in [-0.2, -0.15) is 0 Å². The summed E-state index contributed by atoms with van der Waals surface area (Å²) < 4.78 is 0. The lowest BCUT2D eigenvalue weighted by Crippen LogP contribution is -2.25. The largest absolute Gasteiger partial charge is 0.348 e. The molecule has 0 spiro atoms. The van der Waals surface area contributed by atoms with Crippen molar-refractivity contribution in [2.45, 2.75) is 26.2 Å². The Bertz CT molecular complexity index is 506. The summed E-state index contributed by atoms with van der Waals surface area (Å²) in [5, 5.41) is 2.93. The number of carbonyl (C=O) groups excluding carboxylic acids is 1. The number of nitrogens with one attached hydrogen (secondary N) is 1. The molecule has 1 aliphatic heterocycles. The van der Waals surface area contributed by atoms with Crippen LogP contribution in [-0.2, 0) is 5.41 Å². The first-order valence-electron chi connectivity index (χ1n) is 6.03. The van der Waals surface area contributed by atoms with Gasteiger partial charge in [0, 0.05) is 17.6 Å². The van der Waals surface area contributed by atoms with E-state index in [4.69, 9.17) is 0 Å². The smallest absolute Gasteiger partial charge is 0.261 e. The zero-order valence-corrected chi connectivity index (χ0v) is 11.8. The Morgan fingerprint density at radius 3 is 2.78 bits per heavy atom.